The Morgan fingerprint density at radius 3 is 2.68 bits per heavy atom. The molecule has 140 valence electrons. The maximum atomic E-state index is 13.5. The third-order valence-corrected chi connectivity index (χ3v) is 4.12. The number of hydrogen-bond donors (Lipinski definition) is 1. The molecule has 7 heteroatoms. The lowest BCUT2D eigenvalue weighted by Gasteiger charge is -2.09. The molecule has 2 aromatic heterocycles. The van der Waals surface area contributed by atoms with E-state index < -0.39 is 0 Å². The summed E-state index contributed by atoms with van der Waals surface area (Å²) in [7, 11) is 1.61. The Bertz CT molecular complexity index is 1100. The van der Waals surface area contributed by atoms with Gasteiger partial charge in [0, 0.05) is 30.3 Å². The van der Waals surface area contributed by atoms with Crippen molar-refractivity contribution in [1.29, 1.82) is 0 Å². The molecule has 0 aliphatic carbocycles. The molecule has 0 radical (unpaired) electrons. The molecule has 0 spiro atoms. The summed E-state index contributed by atoms with van der Waals surface area (Å²) in [5, 5.41) is 3.83. The molecule has 28 heavy (non-hydrogen) atoms. The van der Waals surface area contributed by atoms with Gasteiger partial charge in [-0.3, -0.25) is 0 Å². The van der Waals surface area contributed by atoms with Crippen LogP contribution in [-0.2, 0) is 6.54 Å². The molecule has 0 amide bonds. The first-order chi connectivity index (χ1) is 13.7. The highest BCUT2D eigenvalue weighted by Gasteiger charge is 2.06. The molecule has 0 bridgehead atoms. The normalized spacial score (nSPS) is 10.6. The molecule has 4 rings (SSSR count). The van der Waals surface area contributed by atoms with Crippen LogP contribution in [0.1, 0.15) is 5.56 Å². The molecular formula is C21H17FN4O2. The first kappa shape index (κ1) is 17.7. The second-order valence-electron chi connectivity index (χ2n) is 6.02. The van der Waals surface area contributed by atoms with Crippen molar-refractivity contribution < 1.29 is 13.9 Å². The summed E-state index contributed by atoms with van der Waals surface area (Å²) in [6.45, 7) is 0.481. The van der Waals surface area contributed by atoms with E-state index in [9.17, 15) is 4.39 Å². The van der Waals surface area contributed by atoms with Gasteiger partial charge in [-0.25, -0.2) is 19.3 Å². The smallest absolute Gasteiger partial charge is 0.219 e. The average Bonchev–Trinajstić information content (AvgIpc) is 2.73. The standard InChI is InChI=1S/C21H17FN4O2/c1-27-16-3-2-4-17(10-16)28-20-8-5-14(11-23-20)12-24-21-18-9-15(22)6-7-19(18)25-13-26-21/h2-11,13H,12H2,1H3,(H,24,25,26). The van der Waals surface area contributed by atoms with E-state index in [0.717, 1.165) is 5.56 Å². The summed E-state index contributed by atoms with van der Waals surface area (Å²) in [6, 6.07) is 15.4. The van der Waals surface area contributed by atoms with Gasteiger partial charge >= 0.3 is 0 Å². The Balaban J connectivity index is 1.44. The monoisotopic (exact) mass is 376 g/mol. The number of nitrogens with zero attached hydrogens (tertiary/aromatic N) is 3. The lowest BCUT2D eigenvalue weighted by Crippen LogP contribution is -2.03. The zero-order chi connectivity index (χ0) is 19.3. The summed E-state index contributed by atoms with van der Waals surface area (Å²) in [4.78, 5) is 12.7. The van der Waals surface area contributed by atoms with E-state index in [-0.39, 0.29) is 5.82 Å². The van der Waals surface area contributed by atoms with Crippen LogP contribution in [0.5, 0.6) is 17.4 Å². The minimum Gasteiger partial charge on any atom is -0.497 e. The molecule has 2 aromatic carbocycles. The zero-order valence-electron chi connectivity index (χ0n) is 15.1. The topological polar surface area (TPSA) is 69.2 Å². The number of fused-ring (bicyclic) bond motifs is 1. The van der Waals surface area contributed by atoms with E-state index in [1.165, 1.54) is 18.5 Å². The predicted molar refractivity (Wildman–Crippen MR) is 104 cm³/mol. The van der Waals surface area contributed by atoms with E-state index >= 15 is 0 Å². The lowest BCUT2D eigenvalue weighted by atomic mass is 10.2. The van der Waals surface area contributed by atoms with Crippen LogP contribution < -0.4 is 14.8 Å². The SMILES string of the molecule is COc1cccc(Oc2ccc(CNc3ncnc4ccc(F)cc34)cn2)c1. The van der Waals surface area contributed by atoms with Gasteiger partial charge in [-0.15, -0.1) is 0 Å². The van der Waals surface area contributed by atoms with Gasteiger partial charge in [-0.05, 0) is 35.9 Å². The number of rotatable bonds is 6. The molecule has 0 fully saturated rings. The van der Waals surface area contributed by atoms with E-state index in [2.05, 4.69) is 20.3 Å². The predicted octanol–water partition coefficient (Wildman–Crippen LogP) is 4.58. The van der Waals surface area contributed by atoms with Gasteiger partial charge in [0.1, 0.15) is 29.5 Å². The first-order valence-corrected chi connectivity index (χ1v) is 8.62. The van der Waals surface area contributed by atoms with Crippen LogP contribution in [-0.4, -0.2) is 22.1 Å². The van der Waals surface area contributed by atoms with Gasteiger partial charge in [-0.1, -0.05) is 12.1 Å². The number of methoxy groups -OCH3 is 1. The van der Waals surface area contributed by atoms with Crippen molar-refractivity contribution in [2.45, 2.75) is 6.54 Å². The summed E-state index contributed by atoms with van der Waals surface area (Å²) in [5.41, 5.74) is 1.61. The van der Waals surface area contributed by atoms with Crippen molar-refractivity contribution in [2.75, 3.05) is 12.4 Å². The Morgan fingerprint density at radius 2 is 1.86 bits per heavy atom. The zero-order valence-corrected chi connectivity index (χ0v) is 15.1. The number of halogens is 1. The third kappa shape index (κ3) is 3.98. The lowest BCUT2D eigenvalue weighted by molar-refractivity contribution is 0.407. The largest absolute Gasteiger partial charge is 0.497 e. The van der Waals surface area contributed by atoms with Crippen molar-refractivity contribution in [3.05, 3.63) is 78.5 Å². The van der Waals surface area contributed by atoms with Crippen LogP contribution in [0.15, 0.2) is 67.1 Å². The molecule has 0 atom stereocenters. The van der Waals surface area contributed by atoms with Crippen LogP contribution in [0.25, 0.3) is 10.9 Å². The van der Waals surface area contributed by atoms with Gasteiger partial charge < -0.3 is 14.8 Å². The Kier molecular flexibility index (Phi) is 4.97. The highest BCUT2D eigenvalue weighted by Crippen LogP contribution is 2.24. The third-order valence-electron chi connectivity index (χ3n) is 4.12. The molecule has 1 N–H and O–H groups in total. The molecule has 2 heterocycles. The van der Waals surface area contributed by atoms with Crippen LogP contribution in [0.4, 0.5) is 10.2 Å². The fourth-order valence-electron chi connectivity index (χ4n) is 2.72. The van der Waals surface area contributed by atoms with E-state index in [1.807, 2.05) is 24.3 Å². The van der Waals surface area contributed by atoms with Crippen LogP contribution in [0.3, 0.4) is 0 Å². The van der Waals surface area contributed by atoms with Crippen molar-refractivity contribution in [3.8, 4) is 17.4 Å². The molecule has 4 aromatic rings. The average molecular weight is 376 g/mol. The number of anilines is 1. The number of pyridine rings is 1. The molecule has 6 nitrogen and oxygen atoms in total. The minimum atomic E-state index is -0.328. The van der Waals surface area contributed by atoms with Gasteiger partial charge in [0.2, 0.25) is 5.88 Å². The molecule has 0 saturated heterocycles. The minimum absolute atomic E-state index is 0.328. The van der Waals surface area contributed by atoms with E-state index in [0.29, 0.717) is 40.6 Å². The fourth-order valence-corrected chi connectivity index (χ4v) is 2.72. The Hall–Kier alpha value is -3.74. The second kappa shape index (κ2) is 7.87. The van der Waals surface area contributed by atoms with Gasteiger partial charge in [0.25, 0.3) is 0 Å². The van der Waals surface area contributed by atoms with E-state index in [1.54, 1.807) is 31.5 Å². The van der Waals surface area contributed by atoms with Crippen molar-refractivity contribution >= 4 is 16.7 Å². The summed E-state index contributed by atoms with van der Waals surface area (Å²) < 4.78 is 24.5. The van der Waals surface area contributed by atoms with Gasteiger partial charge in [-0.2, -0.15) is 0 Å². The number of ether oxygens (including phenoxy) is 2. The molecule has 0 unspecified atom stereocenters. The summed E-state index contributed by atoms with van der Waals surface area (Å²) in [5.74, 6) is 2.08. The van der Waals surface area contributed by atoms with Crippen molar-refractivity contribution in [2.24, 2.45) is 0 Å². The number of benzene rings is 2. The van der Waals surface area contributed by atoms with Crippen molar-refractivity contribution in [1.82, 2.24) is 15.0 Å². The number of hydrogen-bond acceptors (Lipinski definition) is 6. The Morgan fingerprint density at radius 1 is 0.964 bits per heavy atom. The van der Waals surface area contributed by atoms with Crippen LogP contribution in [0, 0.1) is 5.82 Å². The first-order valence-electron chi connectivity index (χ1n) is 8.62. The summed E-state index contributed by atoms with van der Waals surface area (Å²) in [6.07, 6.45) is 3.17. The fraction of sp³-hybridized carbons (Fsp3) is 0.0952. The Labute approximate surface area is 161 Å². The summed E-state index contributed by atoms with van der Waals surface area (Å²) >= 11 is 0. The quantitative estimate of drug-likeness (QED) is 0.531. The van der Waals surface area contributed by atoms with Crippen molar-refractivity contribution in [3.63, 3.8) is 0 Å². The number of nitrogens with one attached hydrogen (secondary N) is 1. The van der Waals surface area contributed by atoms with Crippen LogP contribution >= 0.6 is 0 Å². The second-order valence-corrected chi connectivity index (χ2v) is 6.02. The highest BCUT2D eigenvalue weighted by atomic mass is 19.1. The highest BCUT2D eigenvalue weighted by molar-refractivity contribution is 5.88. The maximum absolute atomic E-state index is 13.5. The molecular weight excluding hydrogens is 359 g/mol. The number of aromatic nitrogens is 3. The van der Waals surface area contributed by atoms with E-state index in [4.69, 9.17) is 9.47 Å². The van der Waals surface area contributed by atoms with Crippen LogP contribution in [0.2, 0.25) is 0 Å². The van der Waals surface area contributed by atoms with Gasteiger partial charge in [0.15, 0.2) is 0 Å². The maximum Gasteiger partial charge on any atom is 0.219 e. The molecule has 0 aliphatic heterocycles. The van der Waals surface area contributed by atoms with Gasteiger partial charge in [0.05, 0.1) is 12.6 Å². The molecule has 0 aliphatic rings. The molecule has 0 saturated carbocycles.